The molecule has 0 aliphatic heterocycles. The van der Waals surface area contributed by atoms with E-state index < -0.39 is 10.0 Å². The molecule has 7 heteroatoms. The Morgan fingerprint density at radius 3 is 2.05 bits per heavy atom. The summed E-state index contributed by atoms with van der Waals surface area (Å²) in [5, 5.41) is 0.912. The fraction of sp³-hybridized carbons (Fsp3) is 0. The largest absolute Gasteiger partial charge is 0.280 e. The van der Waals surface area contributed by atoms with Crippen molar-refractivity contribution < 1.29 is 8.42 Å². The molecule has 0 atom stereocenters. The zero-order chi connectivity index (χ0) is 14.0. The Hall–Kier alpha value is -0.940. The van der Waals surface area contributed by atoms with Crippen molar-refractivity contribution in [3.8, 4) is 0 Å². The second-order valence-corrected chi connectivity index (χ2v) is 6.62. The molecule has 1 N–H and O–H groups in total. The van der Waals surface area contributed by atoms with E-state index in [0.29, 0.717) is 15.7 Å². The number of sulfonamides is 1. The van der Waals surface area contributed by atoms with Crippen molar-refractivity contribution in [3.63, 3.8) is 0 Å². The van der Waals surface area contributed by atoms with Crippen LogP contribution in [0, 0.1) is 0 Å². The van der Waals surface area contributed by atoms with Crippen molar-refractivity contribution in [1.29, 1.82) is 0 Å². The van der Waals surface area contributed by atoms with Crippen molar-refractivity contribution in [3.05, 3.63) is 57.5 Å². The first-order chi connectivity index (χ1) is 8.88. The maximum Gasteiger partial charge on any atom is 0.263 e. The summed E-state index contributed by atoms with van der Waals surface area (Å²) in [5.74, 6) is 0. The summed E-state index contributed by atoms with van der Waals surface area (Å²) < 4.78 is 26.7. The van der Waals surface area contributed by atoms with Gasteiger partial charge in [-0.05, 0) is 42.5 Å². The van der Waals surface area contributed by atoms with Crippen LogP contribution in [0.5, 0.6) is 0 Å². The summed E-state index contributed by atoms with van der Waals surface area (Å²) in [6.45, 7) is 0. The van der Waals surface area contributed by atoms with Crippen molar-refractivity contribution >= 4 is 50.5 Å². The number of hydrogen-bond donors (Lipinski definition) is 1. The van der Waals surface area contributed by atoms with E-state index in [0.717, 1.165) is 0 Å². The number of hydrogen-bond acceptors (Lipinski definition) is 2. The highest BCUT2D eigenvalue weighted by atomic mass is 35.5. The first-order valence-electron chi connectivity index (χ1n) is 5.12. The summed E-state index contributed by atoms with van der Waals surface area (Å²) in [4.78, 5) is -0.0726. The van der Waals surface area contributed by atoms with Gasteiger partial charge in [0, 0.05) is 15.7 Å². The van der Waals surface area contributed by atoms with Crippen molar-refractivity contribution in [2.75, 3.05) is 4.72 Å². The van der Waals surface area contributed by atoms with Crippen molar-refractivity contribution in [2.24, 2.45) is 0 Å². The van der Waals surface area contributed by atoms with Crippen LogP contribution >= 0.6 is 34.8 Å². The Labute approximate surface area is 126 Å². The molecule has 0 saturated carbocycles. The maximum atomic E-state index is 12.2. The smallest absolute Gasteiger partial charge is 0.263 e. The summed E-state index contributed by atoms with van der Waals surface area (Å²) in [7, 11) is -3.79. The van der Waals surface area contributed by atoms with Gasteiger partial charge in [-0.3, -0.25) is 4.72 Å². The molecule has 0 fully saturated rings. The van der Waals surface area contributed by atoms with Gasteiger partial charge in [-0.25, -0.2) is 8.42 Å². The predicted octanol–water partition coefficient (Wildman–Crippen LogP) is 4.45. The van der Waals surface area contributed by atoms with Crippen LogP contribution in [0.3, 0.4) is 0 Å². The average Bonchev–Trinajstić information content (AvgIpc) is 2.35. The molecule has 0 aliphatic rings. The molecule has 0 aromatic heterocycles. The summed E-state index contributed by atoms with van der Waals surface area (Å²) in [6, 6.07) is 10.5. The van der Waals surface area contributed by atoms with Crippen LogP contribution in [-0.4, -0.2) is 8.42 Å². The van der Waals surface area contributed by atoms with Gasteiger partial charge >= 0.3 is 0 Å². The van der Waals surface area contributed by atoms with Crippen LogP contribution < -0.4 is 4.72 Å². The minimum atomic E-state index is -3.79. The molecule has 0 saturated heterocycles. The molecule has 100 valence electrons. The lowest BCUT2D eigenvalue weighted by molar-refractivity contribution is 0.601. The lowest BCUT2D eigenvalue weighted by Crippen LogP contribution is -2.13. The molecular weight excluding hydrogens is 329 g/mol. The third-order valence-corrected chi connectivity index (χ3v) is 4.63. The Kier molecular flexibility index (Phi) is 4.26. The molecule has 0 radical (unpaired) electrons. The Morgan fingerprint density at radius 1 is 0.842 bits per heavy atom. The van der Waals surface area contributed by atoms with Gasteiger partial charge in [-0.1, -0.05) is 34.8 Å². The van der Waals surface area contributed by atoms with Gasteiger partial charge in [0.25, 0.3) is 10.0 Å². The molecule has 19 heavy (non-hydrogen) atoms. The molecular formula is C12H8Cl3NO2S. The highest BCUT2D eigenvalue weighted by Crippen LogP contribution is 2.27. The van der Waals surface area contributed by atoms with Crippen LogP contribution in [0.4, 0.5) is 5.69 Å². The number of rotatable bonds is 3. The van der Waals surface area contributed by atoms with E-state index in [1.165, 1.54) is 18.2 Å². The SMILES string of the molecule is O=S(=O)(Nc1ccc(Cl)cc1)c1cc(Cl)ccc1Cl. The third kappa shape index (κ3) is 3.54. The van der Waals surface area contributed by atoms with Gasteiger partial charge in [-0.2, -0.15) is 0 Å². The highest BCUT2D eigenvalue weighted by Gasteiger charge is 2.18. The quantitative estimate of drug-likeness (QED) is 0.900. The van der Waals surface area contributed by atoms with Gasteiger partial charge in [0.1, 0.15) is 4.90 Å². The van der Waals surface area contributed by atoms with E-state index in [2.05, 4.69) is 4.72 Å². The molecule has 0 amide bonds. The summed E-state index contributed by atoms with van der Waals surface area (Å²) in [6.07, 6.45) is 0. The third-order valence-electron chi connectivity index (χ3n) is 2.28. The zero-order valence-corrected chi connectivity index (χ0v) is 12.5. The monoisotopic (exact) mass is 335 g/mol. The highest BCUT2D eigenvalue weighted by molar-refractivity contribution is 7.92. The maximum absolute atomic E-state index is 12.2. The molecule has 0 spiro atoms. The first-order valence-corrected chi connectivity index (χ1v) is 7.73. The lowest BCUT2D eigenvalue weighted by Gasteiger charge is -2.09. The molecule has 0 aliphatic carbocycles. The second-order valence-electron chi connectivity index (χ2n) is 3.69. The first kappa shape index (κ1) is 14.5. The molecule has 2 aromatic rings. The molecule has 3 nitrogen and oxygen atoms in total. The fourth-order valence-corrected chi connectivity index (χ4v) is 3.36. The average molecular weight is 337 g/mol. The number of nitrogens with one attached hydrogen (secondary N) is 1. The molecule has 2 rings (SSSR count). The number of anilines is 1. The van der Waals surface area contributed by atoms with Crippen LogP contribution in [0.15, 0.2) is 47.4 Å². The van der Waals surface area contributed by atoms with Crippen molar-refractivity contribution in [2.45, 2.75) is 4.90 Å². The Morgan fingerprint density at radius 2 is 1.42 bits per heavy atom. The zero-order valence-electron chi connectivity index (χ0n) is 9.40. The number of halogens is 3. The lowest BCUT2D eigenvalue weighted by atomic mass is 10.3. The van der Waals surface area contributed by atoms with Crippen LogP contribution in [-0.2, 0) is 10.0 Å². The molecule has 0 bridgehead atoms. The predicted molar refractivity (Wildman–Crippen MR) is 78.7 cm³/mol. The van der Waals surface area contributed by atoms with E-state index in [1.807, 2.05) is 0 Å². The minimum absolute atomic E-state index is 0.0726. The standard InChI is InChI=1S/C12H8Cl3NO2S/c13-8-1-4-10(5-2-8)16-19(17,18)12-7-9(14)3-6-11(12)15/h1-7,16H. The van der Waals surface area contributed by atoms with E-state index in [-0.39, 0.29) is 9.92 Å². The summed E-state index contributed by atoms with van der Waals surface area (Å²) >= 11 is 17.4. The van der Waals surface area contributed by atoms with Gasteiger partial charge in [0.2, 0.25) is 0 Å². The van der Waals surface area contributed by atoms with Gasteiger partial charge < -0.3 is 0 Å². The van der Waals surface area contributed by atoms with E-state index in [4.69, 9.17) is 34.8 Å². The van der Waals surface area contributed by atoms with E-state index >= 15 is 0 Å². The van der Waals surface area contributed by atoms with Gasteiger partial charge in [0.15, 0.2) is 0 Å². The van der Waals surface area contributed by atoms with Crippen LogP contribution in [0.1, 0.15) is 0 Å². The molecule has 2 aromatic carbocycles. The Balaban J connectivity index is 2.37. The second kappa shape index (κ2) is 5.59. The van der Waals surface area contributed by atoms with Gasteiger partial charge in [0.05, 0.1) is 5.02 Å². The normalized spacial score (nSPS) is 11.3. The minimum Gasteiger partial charge on any atom is -0.280 e. The van der Waals surface area contributed by atoms with Crippen LogP contribution in [0.25, 0.3) is 0 Å². The van der Waals surface area contributed by atoms with Crippen LogP contribution in [0.2, 0.25) is 15.1 Å². The summed E-state index contributed by atoms with van der Waals surface area (Å²) in [5.41, 5.74) is 0.389. The van der Waals surface area contributed by atoms with E-state index in [1.54, 1.807) is 24.3 Å². The van der Waals surface area contributed by atoms with E-state index in [9.17, 15) is 8.42 Å². The topological polar surface area (TPSA) is 46.2 Å². The Bertz CT molecular complexity index is 699. The fourth-order valence-electron chi connectivity index (χ4n) is 1.41. The van der Waals surface area contributed by atoms with Gasteiger partial charge in [-0.15, -0.1) is 0 Å². The number of benzene rings is 2. The molecule has 0 unspecified atom stereocenters. The molecule has 0 heterocycles. The van der Waals surface area contributed by atoms with Crippen molar-refractivity contribution in [1.82, 2.24) is 0 Å².